The molecule has 1 aliphatic rings. The van der Waals surface area contributed by atoms with Crippen molar-refractivity contribution in [2.75, 3.05) is 39.0 Å². The summed E-state index contributed by atoms with van der Waals surface area (Å²) >= 11 is 0. The van der Waals surface area contributed by atoms with Gasteiger partial charge in [0, 0.05) is 52.8 Å². The summed E-state index contributed by atoms with van der Waals surface area (Å²) in [6, 6.07) is 7.89. The van der Waals surface area contributed by atoms with E-state index >= 15 is 0 Å². The molecule has 27 heavy (non-hydrogen) atoms. The van der Waals surface area contributed by atoms with Gasteiger partial charge in [-0.3, -0.25) is 14.6 Å². The first kappa shape index (κ1) is 20.7. The highest BCUT2D eigenvalue weighted by molar-refractivity contribution is 5.88. The zero-order valence-electron chi connectivity index (χ0n) is 16.5. The van der Waals surface area contributed by atoms with Crippen molar-refractivity contribution in [3.8, 4) is 0 Å². The highest BCUT2D eigenvalue weighted by atomic mass is 16.2. The van der Waals surface area contributed by atoms with E-state index in [0.717, 1.165) is 50.5 Å². The number of piperidine rings is 1. The van der Waals surface area contributed by atoms with E-state index in [1.165, 1.54) is 12.5 Å². The van der Waals surface area contributed by atoms with Crippen molar-refractivity contribution >= 4 is 23.5 Å². The second-order valence-corrected chi connectivity index (χ2v) is 6.91. The van der Waals surface area contributed by atoms with Gasteiger partial charge in [-0.2, -0.15) is 0 Å². The summed E-state index contributed by atoms with van der Waals surface area (Å²) in [5.41, 5.74) is 2.02. The van der Waals surface area contributed by atoms with Crippen molar-refractivity contribution in [2.45, 2.75) is 32.6 Å². The molecular weight excluding hydrogens is 342 g/mol. The maximum absolute atomic E-state index is 11.5. The summed E-state index contributed by atoms with van der Waals surface area (Å²) < 4.78 is 0. The highest BCUT2D eigenvalue weighted by Crippen LogP contribution is 2.20. The molecule has 7 nitrogen and oxygen atoms in total. The third kappa shape index (κ3) is 6.92. The van der Waals surface area contributed by atoms with Crippen LogP contribution >= 0.6 is 0 Å². The van der Waals surface area contributed by atoms with E-state index in [0.29, 0.717) is 12.3 Å². The normalized spacial score (nSPS) is 15.4. The Kier molecular flexibility index (Phi) is 8.10. The number of hydrogen-bond acceptors (Lipinski definition) is 3. The van der Waals surface area contributed by atoms with E-state index in [2.05, 4.69) is 25.8 Å². The Morgan fingerprint density at radius 1 is 1.19 bits per heavy atom. The molecule has 0 saturated carbocycles. The lowest BCUT2D eigenvalue weighted by molar-refractivity contribution is -0.121. The molecule has 0 aromatic heterocycles. The molecule has 1 aromatic rings. The second kappa shape index (κ2) is 10.5. The first-order chi connectivity index (χ1) is 13.0. The Bertz CT molecular complexity index is 649. The molecule has 1 aliphatic heterocycles. The standard InChI is InChI=1S/C20H31N5O2/c1-15(26)24-18-6-4-16(5-7-18)8-11-23-20(22-3)25-12-9-17(10-13-25)14-19(27)21-2/h4-7,17H,8-14H2,1-3H3,(H,21,27)(H,22,23)(H,24,26). The van der Waals surface area contributed by atoms with E-state index in [-0.39, 0.29) is 11.8 Å². The molecule has 1 heterocycles. The van der Waals surface area contributed by atoms with Gasteiger partial charge < -0.3 is 20.9 Å². The second-order valence-electron chi connectivity index (χ2n) is 6.91. The monoisotopic (exact) mass is 373 g/mol. The zero-order chi connectivity index (χ0) is 19.6. The number of carbonyl (C=O) groups is 2. The maximum Gasteiger partial charge on any atom is 0.221 e. The maximum atomic E-state index is 11.5. The van der Waals surface area contributed by atoms with Crippen LogP contribution in [0.5, 0.6) is 0 Å². The first-order valence-corrected chi connectivity index (χ1v) is 9.54. The number of guanidine groups is 1. The summed E-state index contributed by atoms with van der Waals surface area (Å²) in [6.45, 7) is 4.15. The number of rotatable bonds is 6. The molecule has 0 radical (unpaired) electrons. The molecule has 2 rings (SSSR count). The Hall–Kier alpha value is -2.57. The van der Waals surface area contributed by atoms with Crippen LogP contribution in [-0.4, -0.2) is 56.4 Å². The zero-order valence-corrected chi connectivity index (χ0v) is 16.5. The predicted octanol–water partition coefficient (Wildman–Crippen LogP) is 1.61. The number of nitrogens with one attached hydrogen (secondary N) is 3. The Labute approximate surface area is 161 Å². The number of carbonyl (C=O) groups excluding carboxylic acids is 2. The largest absolute Gasteiger partial charge is 0.359 e. The fourth-order valence-corrected chi connectivity index (χ4v) is 3.32. The number of nitrogens with zero attached hydrogens (tertiary/aromatic N) is 2. The summed E-state index contributed by atoms with van der Waals surface area (Å²) in [6.07, 6.45) is 3.52. The van der Waals surface area contributed by atoms with Crippen LogP contribution in [0.3, 0.4) is 0 Å². The number of amides is 2. The van der Waals surface area contributed by atoms with Crippen LogP contribution in [0, 0.1) is 5.92 Å². The molecule has 2 amide bonds. The van der Waals surface area contributed by atoms with Gasteiger partial charge in [-0.05, 0) is 42.9 Å². The van der Waals surface area contributed by atoms with Gasteiger partial charge >= 0.3 is 0 Å². The fraction of sp³-hybridized carbons (Fsp3) is 0.550. The lowest BCUT2D eigenvalue weighted by atomic mass is 9.93. The van der Waals surface area contributed by atoms with Crippen molar-refractivity contribution in [1.82, 2.24) is 15.5 Å². The molecule has 1 saturated heterocycles. The summed E-state index contributed by atoms with van der Waals surface area (Å²) in [7, 11) is 3.50. The number of benzene rings is 1. The minimum absolute atomic E-state index is 0.0627. The van der Waals surface area contributed by atoms with Gasteiger partial charge in [0.1, 0.15) is 0 Å². The molecule has 3 N–H and O–H groups in total. The number of anilines is 1. The molecule has 0 aliphatic carbocycles. The van der Waals surface area contributed by atoms with Crippen molar-refractivity contribution in [2.24, 2.45) is 10.9 Å². The average Bonchev–Trinajstić information content (AvgIpc) is 2.67. The smallest absolute Gasteiger partial charge is 0.221 e. The van der Waals surface area contributed by atoms with Gasteiger partial charge in [0.2, 0.25) is 11.8 Å². The molecular formula is C20H31N5O2. The van der Waals surface area contributed by atoms with Gasteiger partial charge in [0.25, 0.3) is 0 Å². The van der Waals surface area contributed by atoms with Crippen LogP contribution in [0.15, 0.2) is 29.3 Å². The summed E-state index contributed by atoms with van der Waals surface area (Å²) in [4.78, 5) is 29.2. The van der Waals surface area contributed by atoms with E-state index in [1.54, 1.807) is 14.1 Å². The quantitative estimate of drug-likeness (QED) is 0.522. The van der Waals surface area contributed by atoms with Crippen molar-refractivity contribution in [1.29, 1.82) is 0 Å². The number of hydrogen-bond donors (Lipinski definition) is 3. The summed E-state index contributed by atoms with van der Waals surface area (Å²) in [5.74, 6) is 1.44. The molecule has 1 aromatic carbocycles. The highest BCUT2D eigenvalue weighted by Gasteiger charge is 2.22. The van der Waals surface area contributed by atoms with Gasteiger partial charge in [-0.1, -0.05) is 12.1 Å². The third-order valence-electron chi connectivity index (χ3n) is 4.85. The van der Waals surface area contributed by atoms with Crippen LogP contribution in [0.4, 0.5) is 5.69 Å². The minimum atomic E-state index is -0.0627. The van der Waals surface area contributed by atoms with Crippen LogP contribution in [0.2, 0.25) is 0 Å². The van der Waals surface area contributed by atoms with E-state index in [4.69, 9.17) is 0 Å². The van der Waals surface area contributed by atoms with Crippen LogP contribution < -0.4 is 16.0 Å². The van der Waals surface area contributed by atoms with E-state index in [9.17, 15) is 9.59 Å². The number of likely N-dealkylation sites (tertiary alicyclic amines) is 1. The first-order valence-electron chi connectivity index (χ1n) is 9.54. The lowest BCUT2D eigenvalue weighted by Crippen LogP contribution is -2.46. The predicted molar refractivity (Wildman–Crippen MR) is 109 cm³/mol. The molecule has 0 unspecified atom stereocenters. The molecule has 0 bridgehead atoms. The SMILES string of the molecule is CN=C(NCCc1ccc(NC(C)=O)cc1)N1CCC(CC(=O)NC)CC1. The molecule has 1 fully saturated rings. The third-order valence-corrected chi connectivity index (χ3v) is 4.85. The molecule has 0 atom stereocenters. The van der Waals surface area contributed by atoms with Crippen molar-refractivity contribution in [3.05, 3.63) is 29.8 Å². The number of aliphatic imine (C=N–C) groups is 1. The minimum Gasteiger partial charge on any atom is -0.359 e. The van der Waals surface area contributed by atoms with Crippen LogP contribution in [0.25, 0.3) is 0 Å². The Balaban J connectivity index is 1.74. The van der Waals surface area contributed by atoms with Gasteiger partial charge in [-0.25, -0.2) is 0 Å². The lowest BCUT2D eigenvalue weighted by Gasteiger charge is -2.34. The molecule has 0 spiro atoms. The molecule has 148 valence electrons. The van der Waals surface area contributed by atoms with E-state index in [1.807, 2.05) is 24.3 Å². The summed E-state index contributed by atoms with van der Waals surface area (Å²) in [5, 5.41) is 8.90. The van der Waals surface area contributed by atoms with Crippen molar-refractivity contribution < 1.29 is 9.59 Å². The van der Waals surface area contributed by atoms with E-state index < -0.39 is 0 Å². The van der Waals surface area contributed by atoms with Gasteiger partial charge in [0.05, 0.1) is 0 Å². The Morgan fingerprint density at radius 2 is 1.85 bits per heavy atom. The Morgan fingerprint density at radius 3 is 2.41 bits per heavy atom. The van der Waals surface area contributed by atoms with Crippen LogP contribution in [0.1, 0.15) is 31.7 Å². The fourth-order valence-electron chi connectivity index (χ4n) is 3.32. The van der Waals surface area contributed by atoms with Gasteiger partial charge in [0.15, 0.2) is 5.96 Å². The molecule has 7 heteroatoms. The van der Waals surface area contributed by atoms with Crippen LogP contribution in [-0.2, 0) is 16.0 Å². The van der Waals surface area contributed by atoms with Crippen molar-refractivity contribution in [3.63, 3.8) is 0 Å². The topological polar surface area (TPSA) is 85.8 Å². The van der Waals surface area contributed by atoms with Gasteiger partial charge in [-0.15, -0.1) is 0 Å². The average molecular weight is 374 g/mol.